The summed E-state index contributed by atoms with van der Waals surface area (Å²) in [6.45, 7) is 7.27. The third kappa shape index (κ3) is 9.30. The van der Waals surface area contributed by atoms with Gasteiger partial charge >= 0.3 is 0 Å². The van der Waals surface area contributed by atoms with Crippen molar-refractivity contribution in [1.29, 1.82) is 0 Å². The van der Waals surface area contributed by atoms with Gasteiger partial charge in [-0.1, -0.05) is 84.2 Å². The minimum Gasteiger partial charge on any atom is -0.494 e. The highest BCUT2D eigenvalue weighted by atomic mass is 35.5. The topological polar surface area (TPSA) is 96.0 Å². The number of carbonyl (C=O) groups is 2. The average Bonchev–Trinajstić information content (AvgIpc) is 3.07. The summed E-state index contributed by atoms with van der Waals surface area (Å²) in [7, 11) is -4.27. The second-order valence-corrected chi connectivity index (χ2v) is 14.2. The summed E-state index contributed by atoms with van der Waals surface area (Å²) in [6, 6.07) is 26.1. The van der Waals surface area contributed by atoms with Crippen LogP contribution in [0.5, 0.6) is 5.75 Å². The van der Waals surface area contributed by atoms with Crippen LogP contribution in [0.4, 0.5) is 5.69 Å². The van der Waals surface area contributed by atoms with Gasteiger partial charge < -0.3 is 15.0 Å². The lowest BCUT2D eigenvalue weighted by Gasteiger charge is -2.34. The molecule has 1 N–H and O–H groups in total. The molecule has 4 rings (SSSR count). The molecule has 254 valence electrons. The number of hydrogen-bond donors (Lipinski definition) is 1. The molecular formula is C37H41Cl2N3O5S. The minimum absolute atomic E-state index is 0.0182. The molecule has 0 aliphatic heterocycles. The van der Waals surface area contributed by atoms with Gasteiger partial charge in [-0.25, -0.2) is 8.42 Å². The Bertz CT molecular complexity index is 1770. The molecule has 0 saturated heterocycles. The molecule has 0 bridgehead atoms. The third-order valence-corrected chi connectivity index (χ3v) is 10.5. The number of amides is 2. The van der Waals surface area contributed by atoms with Gasteiger partial charge in [-0.2, -0.15) is 0 Å². The van der Waals surface area contributed by atoms with Gasteiger partial charge in [-0.3, -0.25) is 13.9 Å². The monoisotopic (exact) mass is 709 g/mol. The van der Waals surface area contributed by atoms with Crippen LogP contribution in [0, 0.1) is 6.92 Å². The zero-order chi connectivity index (χ0) is 34.8. The molecule has 11 heteroatoms. The van der Waals surface area contributed by atoms with Crippen LogP contribution < -0.4 is 14.4 Å². The zero-order valence-corrected chi connectivity index (χ0v) is 29.9. The quantitative estimate of drug-likeness (QED) is 0.138. The summed E-state index contributed by atoms with van der Waals surface area (Å²) in [6.07, 6.45) is 0.850. The van der Waals surface area contributed by atoms with E-state index >= 15 is 0 Å². The molecule has 4 aromatic rings. The van der Waals surface area contributed by atoms with E-state index in [1.807, 2.05) is 58.0 Å². The summed E-state index contributed by atoms with van der Waals surface area (Å²) >= 11 is 13.2. The molecule has 8 nitrogen and oxygen atoms in total. The lowest BCUT2D eigenvalue weighted by molar-refractivity contribution is -0.140. The molecule has 0 saturated carbocycles. The summed E-state index contributed by atoms with van der Waals surface area (Å²) < 4.78 is 35.1. The Kier molecular flexibility index (Phi) is 12.9. The first-order valence-electron chi connectivity index (χ1n) is 15.8. The lowest BCUT2D eigenvalue weighted by atomic mass is 10.0. The number of hydrogen-bond acceptors (Lipinski definition) is 5. The van der Waals surface area contributed by atoms with Crippen LogP contribution in [0.15, 0.2) is 102 Å². The summed E-state index contributed by atoms with van der Waals surface area (Å²) in [5, 5.41) is 3.66. The number of sulfonamides is 1. The minimum atomic E-state index is -4.27. The van der Waals surface area contributed by atoms with E-state index in [1.165, 1.54) is 17.0 Å². The van der Waals surface area contributed by atoms with Gasteiger partial charge in [0.2, 0.25) is 11.8 Å². The van der Waals surface area contributed by atoms with Gasteiger partial charge in [0.1, 0.15) is 18.3 Å². The first-order valence-corrected chi connectivity index (χ1v) is 18.0. The summed E-state index contributed by atoms with van der Waals surface area (Å²) in [5.41, 5.74) is 2.48. The predicted octanol–water partition coefficient (Wildman–Crippen LogP) is 7.45. The Morgan fingerprint density at radius 3 is 2.06 bits per heavy atom. The van der Waals surface area contributed by atoms with Crippen LogP contribution in [0.3, 0.4) is 0 Å². The fourth-order valence-corrected chi connectivity index (χ4v) is 7.02. The van der Waals surface area contributed by atoms with Crippen LogP contribution in [0.2, 0.25) is 10.0 Å². The molecule has 0 fully saturated rings. The fraction of sp³-hybridized carbons (Fsp3) is 0.297. The highest BCUT2D eigenvalue weighted by Crippen LogP contribution is 2.29. The Morgan fingerprint density at radius 1 is 0.854 bits per heavy atom. The molecule has 0 aromatic heterocycles. The van der Waals surface area contributed by atoms with Gasteiger partial charge in [0.25, 0.3) is 10.0 Å². The Hall–Kier alpha value is -4.05. The van der Waals surface area contributed by atoms with Gasteiger partial charge in [0.15, 0.2) is 0 Å². The maximum Gasteiger partial charge on any atom is 0.264 e. The van der Waals surface area contributed by atoms with Crippen molar-refractivity contribution in [2.45, 2.75) is 64.1 Å². The highest BCUT2D eigenvalue weighted by molar-refractivity contribution is 7.92. The number of benzene rings is 4. The standard InChI is InChI=1S/C37H41Cl2N3O5S/c1-5-27(4)40-37(44)35(23-28-11-8-7-9-12-28)41(24-32-33(38)13-10-14-34(32)39)36(43)25-42(29-17-15-26(3)16-18-29)48(45,46)31-21-19-30(20-22-31)47-6-2/h7-22,27,35H,5-6,23-25H2,1-4H3,(H,40,44)/t27-,35-/m1/s1. The van der Waals surface area contributed by atoms with Crippen LogP contribution in [0.25, 0.3) is 0 Å². The summed E-state index contributed by atoms with van der Waals surface area (Å²) in [4.78, 5) is 30.0. The first-order chi connectivity index (χ1) is 22.9. The van der Waals surface area contributed by atoms with E-state index in [4.69, 9.17) is 27.9 Å². The molecule has 0 aliphatic carbocycles. The van der Waals surface area contributed by atoms with E-state index in [9.17, 15) is 18.0 Å². The van der Waals surface area contributed by atoms with Crippen LogP contribution >= 0.6 is 23.2 Å². The number of halogens is 2. The Balaban J connectivity index is 1.83. The van der Waals surface area contributed by atoms with Crippen molar-refractivity contribution in [1.82, 2.24) is 10.2 Å². The van der Waals surface area contributed by atoms with E-state index in [0.29, 0.717) is 40.1 Å². The van der Waals surface area contributed by atoms with Crippen molar-refractivity contribution < 1.29 is 22.7 Å². The van der Waals surface area contributed by atoms with Crippen molar-refractivity contribution in [3.8, 4) is 5.75 Å². The van der Waals surface area contributed by atoms with E-state index in [2.05, 4.69) is 5.32 Å². The lowest BCUT2D eigenvalue weighted by Crippen LogP contribution is -2.54. The van der Waals surface area contributed by atoms with Crippen LogP contribution in [-0.4, -0.2) is 50.4 Å². The second kappa shape index (κ2) is 16.9. The molecule has 2 amide bonds. The molecule has 0 heterocycles. The smallest absolute Gasteiger partial charge is 0.264 e. The molecule has 48 heavy (non-hydrogen) atoms. The van der Waals surface area contributed by atoms with Gasteiger partial charge in [0, 0.05) is 34.6 Å². The van der Waals surface area contributed by atoms with Gasteiger partial charge in [-0.15, -0.1) is 0 Å². The molecule has 0 spiro atoms. The summed E-state index contributed by atoms with van der Waals surface area (Å²) in [5.74, 6) is -0.462. The molecule has 0 unspecified atom stereocenters. The normalized spacial score (nSPS) is 12.5. The highest BCUT2D eigenvalue weighted by Gasteiger charge is 2.35. The number of aryl methyl sites for hydroxylation is 1. The zero-order valence-electron chi connectivity index (χ0n) is 27.5. The molecule has 0 aliphatic rings. The number of carbonyl (C=O) groups excluding carboxylic acids is 2. The van der Waals surface area contributed by atoms with E-state index in [-0.39, 0.29) is 29.8 Å². The maximum absolute atomic E-state index is 14.7. The third-order valence-electron chi connectivity index (χ3n) is 7.99. The SMILES string of the molecule is CCOc1ccc(S(=O)(=O)N(CC(=O)N(Cc2c(Cl)cccc2Cl)[C@H](Cc2ccccc2)C(=O)N[C@H](C)CC)c2ccc(C)cc2)cc1. The predicted molar refractivity (Wildman–Crippen MR) is 192 cm³/mol. The molecule has 4 aromatic carbocycles. The second-order valence-electron chi connectivity index (χ2n) is 11.5. The number of ether oxygens (including phenoxy) is 1. The van der Waals surface area contributed by atoms with Crippen molar-refractivity contribution in [3.05, 3.63) is 124 Å². The van der Waals surface area contributed by atoms with Gasteiger partial charge in [-0.05, 0) is 81.3 Å². The van der Waals surface area contributed by atoms with Crippen molar-refractivity contribution in [2.24, 2.45) is 0 Å². The maximum atomic E-state index is 14.7. The largest absolute Gasteiger partial charge is 0.494 e. The number of anilines is 1. The van der Waals surface area contributed by atoms with Gasteiger partial charge in [0.05, 0.1) is 17.2 Å². The molecule has 0 radical (unpaired) electrons. The average molecular weight is 711 g/mol. The number of nitrogens with one attached hydrogen (secondary N) is 1. The van der Waals surface area contributed by atoms with E-state index in [1.54, 1.807) is 54.6 Å². The fourth-order valence-electron chi connectivity index (χ4n) is 5.09. The van der Waals surface area contributed by atoms with Crippen molar-refractivity contribution >= 4 is 50.7 Å². The number of rotatable bonds is 15. The van der Waals surface area contributed by atoms with Crippen LogP contribution in [-0.2, 0) is 32.6 Å². The van der Waals surface area contributed by atoms with E-state index in [0.717, 1.165) is 15.4 Å². The number of nitrogens with zero attached hydrogens (tertiary/aromatic N) is 2. The molecule has 2 atom stereocenters. The van der Waals surface area contributed by atoms with Crippen LogP contribution in [0.1, 0.15) is 43.9 Å². The van der Waals surface area contributed by atoms with Crippen molar-refractivity contribution in [3.63, 3.8) is 0 Å². The Morgan fingerprint density at radius 2 is 1.48 bits per heavy atom. The first kappa shape index (κ1) is 36.8. The van der Waals surface area contributed by atoms with E-state index < -0.39 is 28.5 Å². The van der Waals surface area contributed by atoms with Crippen molar-refractivity contribution in [2.75, 3.05) is 17.5 Å². The molecular weight excluding hydrogens is 669 g/mol. The Labute approximate surface area is 293 Å².